The third kappa shape index (κ3) is 3.89. The molecule has 1 rings (SSSR count). The van der Waals surface area contributed by atoms with Crippen LogP contribution in [0.1, 0.15) is 6.42 Å². The average molecular weight is 323 g/mol. The van der Waals surface area contributed by atoms with E-state index < -0.39 is 20.6 Å². The summed E-state index contributed by atoms with van der Waals surface area (Å²) in [6.07, 6.45) is 0.530. The number of nitro benzene ring substituents is 1. The van der Waals surface area contributed by atoms with E-state index in [0.29, 0.717) is 13.0 Å². The van der Waals surface area contributed by atoms with Crippen LogP contribution in [0.25, 0.3) is 0 Å². The number of hydrogen-bond acceptors (Lipinski definition) is 5. The zero-order valence-corrected chi connectivity index (χ0v) is 12.6. The van der Waals surface area contributed by atoms with Gasteiger partial charge in [0, 0.05) is 33.4 Å². The molecule has 0 saturated heterocycles. The predicted molar refractivity (Wildman–Crippen MR) is 74.4 cm³/mol. The molecule has 0 bridgehead atoms. The van der Waals surface area contributed by atoms with Gasteiger partial charge < -0.3 is 4.74 Å². The van der Waals surface area contributed by atoms with Crippen LogP contribution >= 0.6 is 11.6 Å². The predicted octanol–water partition coefficient (Wildman–Crippen LogP) is 1.91. The number of halogens is 1. The number of nitrogens with zero attached hydrogens (tertiary/aromatic N) is 2. The standard InChI is InChI=1S/C11H15ClN2O5S/c1-13(6-3-7-19-2)20(17,18)9-4-5-10(12)11(8-9)14(15)16/h4-5,8H,3,6-7H2,1-2H3. The molecule has 0 heterocycles. The molecule has 0 aliphatic rings. The molecule has 0 atom stereocenters. The summed E-state index contributed by atoms with van der Waals surface area (Å²) in [5, 5.41) is 10.7. The molecule has 0 N–H and O–H groups in total. The van der Waals surface area contributed by atoms with E-state index in [4.69, 9.17) is 16.3 Å². The van der Waals surface area contributed by atoms with Crippen LogP contribution in [0.5, 0.6) is 0 Å². The Morgan fingerprint density at radius 1 is 1.45 bits per heavy atom. The Balaban J connectivity index is 3.03. The van der Waals surface area contributed by atoms with E-state index in [-0.39, 0.29) is 16.5 Å². The molecule has 0 radical (unpaired) electrons. The van der Waals surface area contributed by atoms with Gasteiger partial charge in [-0.1, -0.05) is 11.6 Å². The summed E-state index contributed by atoms with van der Waals surface area (Å²) in [4.78, 5) is 9.90. The molecular weight excluding hydrogens is 308 g/mol. The first kappa shape index (κ1) is 16.8. The highest BCUT2D eigenvalue weighted by atomic mass is 35.5. The quantitative estimate of drug-likeness (QED) is 0.434. The molecule has 7 nitrogen and oxygen atoms in total. The second-order valence-electron chi connectivity index (χ2n) is 4.04. The van der Waals surface area contributed by atoms with Gasteiger partial charge in [0.25, 0.3) is 5.69 Å². The lowest BCUT2D eigenvalue weighted by atomic mass is 10.3. The van der Waals surface area contributed by atoms with Gasteiger partial charge in [-0.05, 0) is 18.6 Å². The number of nitro groups is 1. The number of methoxy groups -OCH3 is 1. The summed E-state index contributed by atoms with van der Waals surface area (Å²) in [6, 6.07) is 3.41. The van der Waals surface area contributed by atoms with E-state index in [1.54, 1.807) is 0 Å². The van der Waals surface area contributed by atoms with E-state index in [9.17, 15) is 18.5 Å². The van der Waals surface area contributed by atoms with Crippen molar-refractivity contribution in [2.45, 2.75) is 11.3 Å². The number of benzene rings is 1. The molecule has 9 heteroatoms. The van der Waals surface area contributed by atoms with Crippen LogP contribution in [0.15, 0.2) is 23.1 Å². The van der Waals surface area contributed by atoms with Crippen LogP contribution in [0, 0.1) is 10.1 Å². The van der Waals surface area contributed by atoms with Gasteiger partial charge in [0.05, 0.1) is 9.82 Å². The van der Waals surface area contributed by atoms with Gasteiger partial charge in [0.2, 0.25) is 10.0 Å². The van der Waals surface area contributed by atoms with Gasteiger partial charge in [-0.2, -0.15) is 0 Å². The SMILES string of the molecule is COCCCN(C)S(=O)(=O)c1ccc(Cl)c([N+](=O)[O-])c1. The summed E-state index contributed by atoms with van der Waals surface area (Å²) in [5.41, 5.74) is -0.432. The highest BCUT2D eigenvalue weighted by Gasteiger charge is 2.24. The first-order valence-electron chi connectivity index (χ1n) is 5.70. The Kier molecular flexibility index (Phi) is 5.88. The zero-order chi connectivity index (χ0) is 15.3. The third-order valence-corrected chi connectivity index (χ3v) is 4.82. The van der Waals surface area contributed by atoms with Gasteiger partial charge >= 0.3 is 0 Å². The molecule has 0 amide bonds. The molecule has 1 aromatic rings. The Bertz CT molecular complexity index is 590. The number of rotatable bonds is 7. The molecule has 112 valence electrons. The average Bonchev–Trinajstić information content (AvgIpc) is 2.38. The van der Waals surface area contributed by atoms with Crippen LogP contribution in [0.3, 0.4) is 0 Å². The van der Waals surface area contributed by atoms with Gasteiger partial charge in [-0.25, -0.2) is 12.7 Å². The first-order valence-corrected chi connectivity index (χ1v) is 7.51. The van der Waals surface area contributed by atoms with Crippen molar-refractivity contribution in [2.24, 2.45) is 0 Å². The van der Waals surface area contributed by atoms with Gasteiger partial charge in [0.1, 0.15) is 5.02 Å². The monoisotopic (exact) mass is 322 g/mol. The Morgan fingerprint density at radius 3 is 2.65 bits per heavy atom. The van der Waals surface area contributed by atoms with Crippen molar-refractivity contribution in [1.29, 1.82) is 0 Å². The molecule has 0 saturated carbocycles. The Labute approximate surface area is 122 Å². The Morgan fingerprint density at radius 2 is 2.10 bits per heavy atom. The molecule has 20 heavy (non-hydrogen) atoms. The maximum atomic E-state index is 12.2. The minimum absolute atomic E-state index is 0.101. The molecule has 0 aliphatic carbocycles. The summed E-state index contributed by atoms with van der Waals surface area (Å²) >= 11 is 5.66. The normalized spacial score (nSPS) is 11.8. The molecule has 0 aromatic heterocycles. The summed E-state index contributed by atoms with van der Waals surface area (Å²) < 4.78 is 30.4. The van der Waals surface area contributed by atoms with E-state index in [1.807, 2.05) is 0 Å². The highest BCUT2D eigenvalue weighted by molar-refractivity contribution is 7.89. The van der Waals surface area contributed by atoms with E-state index >= 15 is 0 Å². The smallest absolute Gasteiger partial charge is 0.289 e. The summed E-state index contributed by atoms with van der Waals surface area (Å²) in [6.45, 7) is 0.688. The van der Waals surface area contributed by atoms with Crippen molar-refractivity contribution < 1.29 is 18.1 Å². The number of hydrogen-bond donors (Lipinski definition) is 0. The van der Waals surface area contributed by atoms with Crippen LogP contribution in [-0.4, -0.2) is 45.0 Å². The zero-order valence-electron chi connectivity index (χ0n) is 11.1. The van der Waals surface area contributed by atoms with Crippen molar-refractivity contribution in [3.05, 3.63) is 33.3 Å². The summed E-state index contributed by atoms with van der Waals surface area (Å²) in [7, 11) is -0.845. The fourth-order valence-corrected chi connectivity index (χ4v) is 2.94. The number of ether oxygens (including phenoxy) is 1. The lowest BCUT2D eigenvalue weighted by molar-refractivity contribution is -0.384. The van der Waals surface area contributed by atoms with Crippen molar-refractivity contribution in [1.82, 2.24) is 4.31 Å². The van der Waals surface area contributed by atoms with Crippen molar-refractivity contribution in [3.8, 4) is 0 Å². The lowest BCUT2D eigenvalue weighted by Crippen LogP contribution is -2.28. The van der Waals surface area contributed by atoms with Crippen LogP contribution in [0.2, 0.25) is 5.02 Å². The van der Waals surface area contributed by atoms with E-state index in [2.05, 4.69) is 0 Å². The fraction of sp³-hybridized carbons (Fsp3) is 0.455. The minimum atomic E-state index is -3.78. The molecular formula is C11H15ClN2O5S. The second-order valence-corrected chi connectivity index (χ2v) is 6.50. The van der Waals surface area contributed by atoms with Crippen molar-refractivity contribution in [3.63, 3.8) is 0 Å². The fourth-order valence-electron chi connectivity index (χ4n) is 1.52. The first-order chi connectivity index (χ1) is 9.30. The molecule has 0 aliphatic heterocycles. The van der Waals surface area contributed by atoms with Crippen LogP contribution in [0.4, 0.5) is 5.69 Å². The van der Waals surface area contributed by atoms with Crippen molar-refractivity contribution in [2.75, 3.05) is 27.3 Å². The van der Waals surface area contributed by atoms with Gasteiger partial charge in [-0.15, -0.1) is 0 Å². The third-order valence-electron chi connectivity index (χ3n) is 2.64. The topological polar surface area (TPSA) is 89.8 Å². The summed E-state index contributed by atoms with van der Waals surface area (Å²) in [5.74, 6) is 0. The van der Waals surface area contributed by atoms with Crippen LogP contribution in [-0.2, 0) is 14.8 Å². The molecule has 0 spiro atoms. The van der Waals surface area contributed by atoms with E-state index in [1.165, 1.54) is 26.3 Å². The highest BCUT2D eigenvalue weighted by Crippen LogP contribution is 2.28. The minimum Gasteiger partial charge on any atom is -0.385 e. The van der Waals surface area contributed by atoms with Gasteiger partial charge in [-0.3, -0.25) is 10.1 Å². The molecule has 0 unspecified atom stereocenters. The van der Waals surface area contributed by atoms with Crippen LogP contribution < -0.4 is 0 Å². The number of sulfonamides is 1. The second kappa shape index (κ2) is 6.98. The Hall–Kier alpha value is -1.22. The van der Waals surface area contributed by atoms with E-state index in [0.717, 1.165) is 10.4 Å². The largest absolute Gasteiger partial charge is 0.385 e. The lowest BCUT2D eigenvalue weighted by Gasteiger charge is -2.16. The maximum Gasteiger partial charge on any atom is 0.289 e. The maximum absolute atomic E-state index is 12.2. The van der Waals surface area contributed by atoms with Crippen molar-refractivity contribution >= 4 is 27.3 Å². The molecule has 1 aromatic carbocycles. The molecule has 0 fully saturated rings. The van der Waals surface area contributed by atoms with Gasteiger partial charge in [0.15, 0.2) is 0 Å².